The van der Waals surface area contributed by atoms with Crippen LogP contribution >= 0.6 is 11.6 Å². The van der Waals surface area contributed by atoms with Crippen molar-refractivity contribution in [2.75, 3.05) is 0 Å². The first kappa shape index (κ1) is 15.9. The molecular formula is C13H7ClF3NO4. The molecule has 0 amide bonds. The summed E-state index contributed by atoms with van der Waals surface area (Å²) in [4.78, 5) is 14.1. The van der Waals surface area contributed by atoms with E-state index < -0.39 is 12.5 Å². The van der Waals surface area contributed by atoms with Crippen LogP contribution in [0.5, 0.6) is 11.6 Å². The summed E-state index contributed by atoms with van der Waals surface area (Å²) in [7, 11) is 0. The highest BCUT2D eigenvalue weighted by Gasteiger charge is 2.30. The van der Waals surface area contributed by atoms with Crippen molar-refractivity contribution in [2.24, 2.45) is 0 Å². The van der Waals surface area contributed by atoms with E-state index in [1.165, 1.54) is 24.3 Å². The standard InChI is InChI=1S/C13H7ClF3NO4/c14-10-5-8(6-11(18-10)21-12(19)20)7-1-3-9(4-2-7)22-13(15,16)17/h1-6H,(H,19,20). The van der Waals surface area contributed by atoms with Gasteiger partial charge in [0, 0.05) is 6.07 Å². The van der Waals surface area contributed by atoms with Crippen LogP contribution in [0.15, 0.2) is 36.4 Å². The maximum absolute atomic E-state index is 12.1. The van der Waals surface area contributed by atoms with Crippen LogP contribution in [0.4, 0.5) is 18.0 Å². The van der Waals surface area contributed by atoms with Crippen molar-refractivity contribution in [3.63, 3.8) is 0 Å². The lowest BCUT2D eigenvalue weighted by Gasteiger charge is -2.10. The number of benzene rings is 1. The molecule has 0 aliphatic heterocycles. The summed E-state index contributed by atoms with van der Waals surface area (Å²) in [6, 6.07) is 7.66. The minimum atomic E-state index is -4.77. The number of pyridine rings is 1. The van der Waals surface area contributed by atoms with E-state index in [4.69, 9.17) is 16.7 Å². The zero-order valence-electron chi connectivity index (χ0n) is 10.6. The van der Waals surface area contributed by atoms with Crippen molar-refractivity contribution >= 4 is 17.8 Å². The summed E-state index contributed by atoms with van der Waals surface area (Å²) in [5.74, 6) is -0.621. The monoisotopic (exact) mass is 333 g/mol. The third-order valence-corrected chi connectivity index (χ3v) is 2.58. The number of alkyl halides is 3. The molecule has 0 fully saturated rings. The van der Waals surface area contributed by atoms with Gasteiger partial charge in [-0.3, -0.25) is 0 Å². The van der Waals surface area contributed by atoms with Gasteiger partial charge in [0.05, 0.1) is 0 Å². The highest BCUT2D eigenvalue weighted by Crippen LogP contribution is 2.29. The lowest BCUT2D eigenvalue weighted by Crippen LogP contribution is -2.16. The van der Waals surface area contributed by atoms with E-state index in [2.05, 4.69) is 14.5 Å². The molecule has 2 rings (SSSR count). The van der Waals surface area contributed by atoms with Crippen LogP contribution in [0.1, 0.15) is 0 Å². The van der Waals surface area contributed by atoms with Crippen LogP contribution in [-0.4, -0.2) is 22.6 Å². The van der Waals surface area contributed by atoms with Crippen molar-refractivity contribution in [3.8, 4) is 22.8 Å². The summed E-state index contributed by atoms with van der Waals surface area (Å²) >= 11 is 5.74. The van der Waals surface area contributed by atoms with Gasteiger partial charge in [-0.2, -0.15) is 0 Å². The van der Waals surface area contributed by atoms with Crippen molar-refractivity contribution in [3.05, 3.63) is 41.6 Å². The number of halogens is 4. The number of carboxylic acid groups (broad SMARTS) is 1. The molecule has 0 atom stereocenters. The Morgan fingerprint density at radius 1 is 1.14 bits per heavy atom. The van der Waals surface area contributed by atoms with Gasteiger partial charge >= 0.3 is 12.5 Å². The summed E-state index contributed by atoms with van der Waals surface area (Å²) in [5, 5.41) is 8.51. The van der Waals surface area contributed by atoms with E-state index in [0.29, 0.717) is 11.1 Å². The Morgan fingerprint density at radius 3 is 2.32 bits per heavy atom. The SMILES string of the molecule is O=C(O)Oc1cc(-c2ccc(OC(F)(F)F)cc2)cc(Cl)n1. The predicted octanol–water partition coefficient (Wildman–Crippen LogP) is 4.36. The Morgan fingerprint density at radius 2 is 1.77 bits per heavy atom. The summed E-state index contributed by atoms with van der Waals surface area (Å²) in [5.41, 5.74) is 0.906. The molecule has 116 valence electrons. The maximum Gasteiger partial charge on any atom is 0.573 e. The molecule has 0 unspecified atom stereocenters. The summed E-state index contributed by atoms with van der Waals surface area (Å²) in [6.07, 6.45) is -6.33. The normalized spacial score (nSPS) is 11.1. The molecule has 0 aliphatic rings. The minimum absolute atomic E-state index is 0.0237. The van der Waals surface area contributed by atoms with E-state index in [0.717, 1.165) is 12.1 Å². The van der Waals surface area contributed by atoms with Gasteiger partial charge in [-0.05, 0) is 29.3 Å². The molecule has 1 heterocycles. The Labute approximate surface area is 126 Å². The van der Waals surface area contributed by atoms with Gasteiger partial charge in [0.2, 0.25) is 5.88 Å². The summed E-state index contributed by atoms with van der Waals surface area (Å²) < 4.78 is 44.4. The predicted molar refractivity (Wildman–Crippen MR) is 70.0 cm³/mol. The van der Waals surface area contributed by atoms with Gasteiger partial charge in [0.15, 0.2) is 0 Å². The quantitative estimate of drug-likeness (QED) is 0.667. The van der Waals surface area contributed by atoms with Gasteiger partial charge < -0.3 is 14.6 Å². The van der Waals surface area contributed by atoms with E-state index in [-0.39, 0.29) is 16.8 Å². The topological polar surface area (TPSA) is 68.7 Å². The largest absolute Gasteiger partial charge is 0.573 e. The van der Waals surface area contributed by atoms with Crippen LogP contribution in [0.3, 0.4) is 0 Å². The Hall–Kier alpha value is -2.48. The van der Waals surface area contributed by atoms with Crippen LogP contribution in [0.2, 0.25) is 5.15 Å². The Kier molecular flexibility index (Phi) is 4.41. The molecule has 0 radical (unpaired) electrons. The number of hydrogen-bond acceptors (Lipinski definition) is 4. The number of rotatable bonds is 3. The zero-order chi connectivity index (χ0) is 16.3. The molecule has 1 aromatic carbocycles. The minimum Gasteiger partial charge on any atom is -0.449 e. The van der Waals surface area contributed by atoms with Crippen molar-refractivity contribution < 1.29 is 32.5 Å². The second kappa shape index (κ2) is 6.10. The molecule has 0 saturated carbocycles. The van der Waals surface area contributed by atoms with E-state index in [9.17, 15) is 18.0 Å². The molecule has 0 bridgehead atoms. The van der Waals surface area contributed by atoms with Gasteiger partial charge in [-0.1, -0.05) is 23.7 Å². The fourth-order valence-electron chi connectivity index (χ4n) is 1.63. The molecule has 22 heavy (non-hydrogen) atoms. The lowest BCUT2D eigenvalue weighted by atomic mass is 10.1. The van der Waals surface area contributed by atoms with Crippen LogP contribution in [0, 0.1) is 0 Å². The van der Waals surface area contributed by atoms with E-state index in [1.54, 1.807) is 0 Å². The number of nitrogens with zero attached hydrogens (tertiary/aromatic N) is 1. The zero-order valence-corrected chi connectivity index (χ0v) is 11.4. The second-order valence-corrected chi connectivity index (χ2v) is 4.34. The van der Waals surface area contributed by atoms with E-state index >= 15 is 0 Å². The lowest BCUT2D eigenvalue weighted by molar-refractivity contribution is -0.274. The first-order valence-corrected chi connectivity index (χ1v) is 6.05. The molecular weight excluding hydrogens is 327 g/mol. The number of aromatic nitrogens is 1. The fourth-order valence-corrected chi connectivity index (χ4v) is 1.83. The number of carbonyl (C=O) groups is 1. The molecule has 1 aromatic heterocycles. The highest BCUT2D eigenvalue weighted by atomic mass is 35.5. The van der Waals surface area contributed by atoms with Gasteiger partial charge in [-0.15, -0.1) is 13.2 Å². The molecule has 2 aromatic rings. The third kappa shape index (κ3) is 4.52. The Bertz CT molecular complexity index is 689. The molecule has 9 heteroatoms. The molecule has 1 N–H and O–H groups in total. The van der Waals surface area contributed by atoms with Crippen LogP contribution < -0.4 is 9.47 Å². The van der Waals surface area contributed by atoms with Crippen LogP contribution in [0.25, 0.3) is 11.1 Å². The fraction of sp³-hybridized carbons (Fsp3) is 0.0769. The third-order valence-electron chi connectivity index (χ3n) is 2.38. The highest BCUT2D eigenvalue weighted by molar-refractivity contribution is 6.29. The average molecular weight is 334 g/mol. The molecule has 0 spiro atoms. The first-order chi connectivity index (χ1) is 10.2. The van der Waals surface area contributed by atoms with Gasteiger partial charge in [0.1, 0.15) is 10.9 Å². The van der Waals surface area contributed by atoms with Crippen molar-refractivity contribution in [1.82, 2.24) is 4.98 Å². The molecule has 0 saturated heterocycles. The Balaban J connectivity index is 2.28. The maximum atomic E-state index is 12.1. The second-order valence-electron chi connectivity index (χ2n) is 3.96. The summed E-state index contributed by atoms with van der Waals surface area (Å²) in [6.45, 7) is 0. The average Bonchev–Trinajstić information content (AvgIpc) is 2.36. The first-order valence-electron chi connectivity index (χ1n) is 5.67. The number of hydrogen-bond donors (Lipinski definition) is 1. The molecule has 0 aliphatic carbocycles. The van der Waals surface area contributed by atoms with Gasteiger partial charge in [0.25, 0.3) is 0 Å². The van der Waals surface area contributed by atoms with Crippen molar-refractivity contribution in [1.29, 1.82) is 0 Å². The van der Waals surface area contributed by atoms with Gasteiger partial charge in [-0.25, -0.2) is 9.78 Å². The smallest absolute Gasteiger partial charge is 0.449 e. The van der Waals surface area contributed by atoms with Crippen molar-refractivity contribution in [2.45, 2.75) is 6.36 Å². The molecule has 5 nitrogen and oxygen atoms in total. The van der Waals surface area contributed by atoms with E-state index in [1.807, 2.05) is 0 Å². The van der Waals surface area contributed by atoms with Crippen LogP contribution in [-0.2, 0) is 0 Å². The number of ether oxygens (including phenoxy) is 2.